The zero-order valence-corrected chi connectivity index (χ0v) is 24.2. The lowest BCUT2D eigenvalue weighted by Gasteiger charge is -2.15. The molecule has 43 heavy (non-hydrogen) atoms. The predicted octanol–water partition coefficient (Wildman–Crippen LogP) is 11.1. The van der Waals surface area contributed by atoms with E-state index in [0.717, 1.165) is 57.2 Å². The van der Waals surface area contributed by atoms with Gasteiger partial charge >= 0.3 is 0 Å². The number of aryl methyl sites for hydroxylation is 1. The van der Waals surface area contributed by atoms with Crippen molar-refractivity contribution < 1.29 is 0 Å². The Morgan fingerprint density at radius 2 is 1.09 bits per heavy atom. The molecule has 202 valence electrons. The van der Waals surface area contributed by atoms with Gasteiger partial charge < -0.3 is 0 Å². The van der Waals surface area contributed by atoms with Gasteiger partial charge in [-0.1, -0.05) is 121 Å². The van der Waals surface area contributed by atoms with Crippen LogP contribution < -0.4 is 0 Å². The fraction of sp³-hybridized carbons (Fsp3) is 0.0500. The molecule has 0 saturated heterocycles. The van der Waals surface area contributed by atoms with Crippen molar-refractivity contribution in [3.63, 3.8) is 0 Å². The van der Waals surface area contributed by atoms with Gasteiger partial charge in [0.15, 0.2) is 0 Å². The summed E-state index contributed by atoms with van der Waals surface area (Å²) in [5.41, 5.74) is 9.79. The Morgan fingerprint density at radius 3 is 1.84 bits per heavy atom. The number of aromatic nitrogens is 2. The third kappa shape index (κ3) is 3.86. The van der Waals surface area contributed by atoms with E-state index in [1.54, 1.807) is 0 Å². The average molecular weight is 567 g/mol. The van der Waals surface area contributed by atoms with Crippen molar-refractivity contribution in [2.24, 2.45) is 0 Å². The van der Waals surface area contributed by atoms with Gasteiger partial charge in [-0.15, -0.1) is 11.3 Å². The normalized spacial score (nSPS) is 12.8. The molecule has 3 heteroatoms. The lowest BCUT2D eigenvalue weighted by Crippen LogP contribution is -1.97. The van der Waals surface area contributed by atoms with Crippen LogP contribution in [0.1, 0.15) is 16.9 Å². The van der Waals surface area contributed by atoms with E-state index in [-0.39, 0.29) is 0 Å². The highest BCUT2D eigenvalue weighted by molar-refractivity contribution is 7.20. The van der Waals surface area contributed by atoms with Crippen LogP contribution in [0.3, 0.4) is 0 Å². The summed E-state index contributed by atoms with van der Waals surface area (Å²) in [6.07, 6.45) is 6.83. The summed E-state index contributed by atoms with van der Waals surface area (Å²) in [4.78, 5) is 12.3. The first-order valence-corrected chi connectivity index (χ1v) is 15.6. The second-order valence-corrected chi connectivity index (χ2v) is 12.3. The third-order valence-corrected chi connectivity index (χ3v) is 9.97. The summed E-state index contributed by atoms with van der Waals surface area (Å²) in [6, 6.07) is 43.2. The van der Waals surface area contributed by atoms with Crippen LogP contribution in [0.4, 0.5) is 0 Å². The molecule has 0 aliphatic heterocycles. The van der Waals surface area contributed by atoms with Gasteiger partial charge in [-0.25, -0.2) is 9.97 Å². The molecule has 0 unspecified atom stereocenters. The van der Waals surface area contributed by atoms with Crippen LogP contribution in [0.5, 0.6) is 0 Å². The molecule has 2 aromatic heterocycles. The van der Waals surface area contributed by atoms with Crippen LogP contribution in [0, 0.1) is 0 Å². The Labute approximate surface area is 253 Å². The first kappa shape index (κ1) is 24.5. The molecular formula is C40H26N2S. The molecular weight excluding hydrogens is 541 g/mol. The lowest BCUT2D eigenvalue weighted by atomic mass is 9.95. The molecule has 2 heterocycles. The van der Waals surface area contributed by atoms with E-state index in [1.807, 2.05) is 11.3 Å². The molecule has 8 aromatic rings. The first-order chi connectivity index (χ1) is 21.3. The van der Waals surface area contributed by atoms with Gasteiger partial charge in [0.05, 0.1) is 22.4 Å². The van der Waals surface area contributed by atoms with Crippen LogP contribution in [-0.2, 0) is 6.42 Å². The fourth-order valence-electron chi connectivity index (χ4n) is 6.72. The monoisotopic (exact) mass is 566 g/mol. The van der Waals surface area contributed by atoms with E-state index in [1.165, 1.54) is 42.4 Å². The first-order valence-electron chi connectivity index (χ1n) is 14.8. The van der Waals surface area contributed by atoms with Crippen LogP contribution >= 0.6 is 11.3 Å². The van der Waals surface area contributed by atoms with Crippen molar-refractivity contribution in [2.75, 3.05) is 0 Å². The number of rotatable bonds is 3. The molecule has 1 aliphatic carbocycles. The number of thiophene rings is 1. The number of fused-ring (bicyclic) bond motifs is 9. The molecule has 0 atom stereocenters. The maximum absolute atomic E-state index is 5.48. The summed E-state index contributed by atoms with van der Waals surface area (Å²) in [7, 11) is 0. The zero-order chi connectivity index (χ0) is 28.3. The Bertz CT molecular complexity index is 2400. The van der Waals surface area contributed by atoms with Crippen LogP contribution in [0.15, 0.2) is 127 Å². The predicted molar refractivity (Wildman–Crippen MR) is 184 cm³/mol. The molecule has 2 nitrogen and oxygen atoms in total. The summed E-state index contributed by atoms with van der Waals surface area (Å²) < 4.78 is 1.36. The van der Waals surface area contributed by atoms with Crippen LogP contribution in [0.25, 0.3) is 82.4 Å². The number of hydrogen-bond donors (Lipinski definition) is 0. The molecule has 1 aliphatic rings. The Hall–Kier alpha value is -5.12. The summed E-state index contributed by atoms with van der Waals surface area (Å²) in [5, 5.41) is 6.05. The van der Waals surface area contributed by atoms with E-state index >= 15 is 0 Å². The molecule has 0 fully saturated rings. The maximum Gasteiger partial charge on any atom is 0.0979 e. The Morgan fingerprint density at radius 1 is 0.512 bits per heavy atom. The summed E-state index contributed by atoms with van der Waals surface area (Å²) >= 11 is 1.91. The number of benzene rings is 6. The molecule has 6 aromatic carbocycles. The summed E-state index contributed by atoms with van der Waals surface area (Å²) in [5.74, 6) is 0. The minimum absolute atomic E-state index is 0.903. The third-order valence-electron chi connectivity index (χ3n) is 8.72. The Balaban J connectivity index is 1.33. The smallest absolute Gasteiger partial charge is 0.0979 e. The number of hydrogen-bond acceptors (Lipinski definition) is 3. The number of allylic oxidation sites excluding steroid dienone is 1. The van der Waals surface area contributed by atoms with Crippen molar-refractivity contribution in [1.29, 1.82) is 0 Å². The topological polar surface area (TPSA) is 25.8 Å². The van der Waals surface area contributed by atoms with Crippen molar-refractivity contribution in [3.05, 3.63) is 138 Å². The highest BCUT2D eigenvalue weighted by Gasteiger charge is 2.19. The van der Waals surface area contributed by atoms with Gasteiger partial charge in [-0.3, -0.25) is 0 Å². The van der Waals surface area contributed by atoms with Gasteiger partial charge in [-0.2, -0.15) is 0 Å². The second kappa shape index (κ2) is 9.72. The molecule has 9 rings (SSSR count). The van der Waals surface area contributed by atoms with E-state index < -0.39 is 0 Å². The SMILES string of the molecule is C1=Cc2sc3c(-c4cccc(-c5nc6c7ccccc7c7ccccc7c6nc5-c5ccccc5)c4)cccc3c2CC1. The van der Waals surface area contributed by atoms with E-state index in [0.29, 0.717) is 0 Å². The van der Waals surface area contributed by atoms with Gasteiger partial charge in [0.2, 0.25) is 0 Å². The summed E-state index contributed by atoms with van der Waals surface area (Å²) in [6.45, 7) is 0. The standard InChI is InChI=1S/C40H26N2S/c1-2-12-25(13-3-1)36-37(42-39-33-20-7-5-17-30(33)29-16-4-6-19-32(29)38(39)41-36)27-15-10-14-26(24-27)28-21-11-22-34-31-18-8-9-23-35(31)43-40(28)34/h1-7,9-17,19-24H,8,18H2. The van der Waals surface area contributed by atoms with Gasteiger partial charge in [0, 0.05) is 31.5 Å². The van der Waals surface area contributed by atoms with E-state index in [4.69, 9.17) is 9.97 Å². The second-order valence-electron chi connectivity index (χ2n) is 11.2. The average Bonchev–Trinajstić information content (AvgIpc) is 3.47. The lowest BCUT2D eigenvalue weighted by molar-refractivity contribution is 1.01. The largest absolute Gasteiger partial charge is 0.243 e. The van der Waals surface area contributed by atoms with Crippen LogP contribution in [0.2, 0.25) is 0 Å². The highest BCUT2D eigenvalue weighted by Crippen LogP contribution is 2.43. The van der Waals surface area contributed by atoms with Gasteiger partial charge in [0.25, 0.3) is 0 Å². The molecule has 0 N–H and O–H groups in total. The minimum Gasteiger partial charge on any atom is -0.243 e. The molecule has 0 bridgehead atoms. The van der Waals surface area contributed by atoms with Crippen molar-refractivity contribution in [1.82, 2.24) is 9.97 Å². The minimum atomic E-state index is 0.903. The van der Waals surface area contributed by atoms with E-state index in [2.05, 4.69) is 133 Å². The van der Waals surface area contributed by atoms with E-state index in [9.17, 15) is 0 Å². The Kier molecular flexibility index (Phi) is 5.53. The maximum atomic E-state index is 5.48. The molecule has 0 saturated carbocycles. The van der Waals surface area contributed by atoms with Gasteiger partial charge in [-0.05, 0) is 57.8 Å². The fourth-order valence-corrected chi connectivity index (χ4v) is 8.04. The van der Waals surface area contributed by atoms with Crippen molar-refractivity contribution in [2.45, 2.75) is 12.8 Å². The van der Waals surface area contributed by atoms with Gasteiger partial charge in [0.1, 0.15) is 0 Å². The highest BCUT2D eigenvalue weighted by atomic mass is 32.1. The van der Waals surface area contributed by atoms with Crippen LogP contribution in [-0.4, -0.2) is 9.97 Å². The molecule has 0 spiro atoms. The van der Waals surface area contributed by atoms with Crippen molar-refractivity contribution in [3.8, 4) is 33.6 Å². The molecule has 0 radical (unpaired) electrons. The molecule has 0 amide bonds. The van der Waals surface area contributed by atoms with Crippen molar-refractivity contribution >= 4 is 60.1 Å². The number of nitrogens with zero attached hydrogens (tertiary/aromatic N) is 2. The zero-order valence-electron chi connectivity index (χ0n) is 23.4. The quantitative estimate of drug-likeness (QED) is 0.199.